The molecule has 182 valence electrons. The highest BCUT2D eigenvalue weighted by Crippen LogP contribution is 2.60. The van der Waals surface area contributed by atoms with Crippen molar-refractivity contribution in [2.45, 2.75) is 44.8 Å². The summed E-state index contributed by atoms with van der Waals surface area (Å²) in [7, 11) is 0. The molecule has 3 aliphatic rings. The Hall–Kier alpha value is -3.99. The van der Waals surface area contributed by atoms with Gasteiger partial charge in [-0.3, -0.25) is 14.3 Å². The van der Waals surface area contributed by atoms with Gasteiger partial charge < -0.3 is 10.2 Å². The van der Waals surface area contributed by atoms with Crippen LogP contribution < -0.4 is 10.2 Å². The first-order valence-electron chi connectivity index (χ1n) is 12.4. The number of hydrogen-bond donors (Lipinski definition) is 1. The number of rotatable bonds is 5. The topological polar surface area (TPSA) is 91.0 Å². The third-order valence-electron chi connectivity index (χ3n) is 7.84. The Kier molecular flexibility index (Phi) is 5.36. The van der Waals surface area contributed by atoms with Crippen LogP contribution in [0.2, 0.25) is 0 Å². The molecule has 3 aromatic rings. The maximum atomic E-state index is 13.4. The van der Waals surface area contributed by atoms with E-state index in [1.165, 1.54) is 11.8 Å². The van der Waals surface area contributed by atoms with Gasteiger partial charge in [-0.1, -0.05) is 18.2 Å². The summed E-state index contributed by atoms with van der Waals surface area (Å²) >= 11 is 0. The number of alkyl halides is 1. The number of fused-ring (bicyclic) bond motifs is 1. The van der Waals surface area contributed by atoms with Crippen LogP contribution in [0.5, 0.6) is 0 Å². The van der Waals surface area contributed by atoms with Crippen LogP contribution in [0.3, 0.4) is 0 Å². The SMILES string of the molecule is N#Cc1cccc(NC(=O)c2cnn3c2C(=O)N(c2ccc(CC4CC5(CC(F)C5)C4)cc2)CC3)c1. The highest BCUT2D eigenvalue weighted by atomic mass is 19.1. The third kappa shape index (κ3) is 3.95. The van der Waals surface area contributed by atoms with E-state index in [0.29, 0.717) is 30.3 Å². The predicted octanol–water partition coefficient (Wildman–Crippen LogP) is 4.74. The van der Waals surface area contributed by atoms with Crippen LogP contribution >= 0.6 is 0 Å². The zero-order valence-corrected chi connectivity index (χ0v) is 19.8. The lowest BCUT2D eigenvalue weighted by Gasteiger charge is -2.55. The first-order valence-corrected chi connectivity index (χ1v) is 12.4. The van der Waals surface area contributed by atoms with E-state index < -0.39 is 12.1 Å². The molecule has 6 rings (SSSR count). The van der Waals surface area contributed by atoms with Crippen molar-refractivity contribution in [3.05, 3.63) is 77.1 Å². The summed E-state index contributed by atoms with van der Waals surface area (Å²) < 4.78 is 14.8. The molecule has 1 spiro atoms. The van der Waals surface area contributed by atoms with E-state index in [0.717, 1.165) is 37.8 Å². The number of hydrogen-bond acceptors (Lipinski definition) is 4. The van der Waals surface area contributed by atoms with Gasteiger partial charge in [0.15, 0.2) is 0 Å². The minimum absolute atomic E-state index is 0.203. The zero-order valence-electron chi connectivity index (χ0n) is 19.8. The molecular weight excluding hydrogens is 457 g/mol. The maximum absolute atomic E-state index is 13.4. The summed E-state index contributed by atoms with van der Waals surface area (Å²) in [5.74, 6) is -0.0981. The van der Waals surface area contributed by atoms with E-state index in [4.69, 9.17) is 5.26 Å². The van der Waals surface area contributed by atoms with Crippen LogP contribution in [-0.4, -0.2) is 34.3 Å². The largest absolute Gasteiger partial charge is 0.322 e. The maximum Gasteiger partial charge on any atom is 0.277 e. The van der Waals surface area contributed by atoms with Crippen molar-refractivity contribution >= 4 is 23.2 Å². The van der Waals surface area contributed by atoms with E-state index in [1.54, 1.807) is 33.8 Å². The number of anilines is 2. The molecule has 2 saturated carbocycles. The van der Waals surface area contributed by atoms with Crippen LogP contribution in [0.4, 0.5) is 15.8 Å². The average Bonchev–Trinajstić information content (AvgIpc) is 3.28. The minimum atomic E-state index is -0.593. The molecule has 7 nitrogen and oxygen atoms in total. The molecule has 1 aliphatic heterocycles. The Morgan fingerprint density at radius 2 is 1.92 bits per heavy atom. The van der Waals surface area contributed by atoms with Gasteiger partial charge in [0.25, 0.3) is 11.8 Å². The molecule has 1 N–H and O–H groups in total. The van der Waals surface area contributed by atoms with E-state index in [2.05, 4.69) is 22.5 Å². The monoisotopic (exact) mass is 483 g/mol. The molecule has 36 heavy (non-hydrogen) atoms. The fourth-order valence-corrected chi connectivity index (χ4v) is 6.15. The molecule has 0 saturated heterocycles. The lowest BCUT2D eigenvalue weighted by Crippen LogP contribution is -2.49. The zero-order chi connectivity index (χ0) is 24.9. The van der Waals surface area contributed by atoms with E-state index in [9.17, 15) is 14.0 Å². The number of carbonyl (C=O) groups is 2. The molecule has 2 aliphatic carbocycles. The van der Waals surface area contributed by atoms with Gasteiger partial charge in [0, 0.05) is 17.9 Å². The Morgan fingerprint density at radius 1 is 1.14 bits per heavy atom. The number of benzene rings is 2. The molecule has 0 bridgehead atoms. The van der Waals surface area contributed by atoms with Gasteiger partial charge >= 0.3 is 0 Å². The number of nitrogens with zero attached hydrogens (tertiary/aromatic N) is 4. The number of amides is 2. The third-order valence-corrected chi connectivity index (χ3v) is 7.84. The van der Waals surface area contributed by atoms with Crippen molar-refractivity contribution in [1.82, 2.24) is 9.78 Å². The van der Waals surface area contributed by atoms with Crippen molar-refractivity contribution in [3.8, 4) is 6.07 Å². The van der Waals surface area contributed by atoms with Gasteiger partial charge in [0.1, 0.15) is 11.9 Å². The smallest absolute Gasteiger partial charge is 0.277 e. The van der Waals surface area contributed by atoms with Crippen molar-refractivity contribution in [2.24, 2.45) is 11.3 Å². The summed E-state index contributed by atoms with van der Waals surface area (Å²) in [6.07, 6.45) is 5.53. The van der Waals surface area contributed by atoms with E-state index in [-0.39, 0.29) is 22.6 Å². The van der Waals surface area contributed by atoms with Gasteiger partial charge in [0.2, 0.25) is 0 Å². The van der Waals surface area contributed by atoms with Crippen LogP contribution in [0, 0.1) is 22.7 Å². The second-order valence-corrected chi connectivity index (χ2v) is 10.4. The first kappa shape index (κ1) is 22.5. The minimum Gasteiger partial charge on any atom is -0.322 e. The van der Waals surface area contributed by atoms with E-state index >= 15 is 0 Å². The van der Waals surface area contributed by atoms with Crippen molar-refractivity contribution in [1.29, 1.82) is 5.26 Å². The van der Waals surface area contributed by atoms with Gasteiger partial charge in [-0.05, 0) is 79.3 Å². The normalized spacial score (nSPS) is 24.4. The first-order chi connectivity index (χ1) is 17.4. The summed E-state index contributed by atoms with van der Waals surface area (Å²) in [4.78, 5) is 28.1. The molecule has 2 amide bonds. The highest BCUT2D eigenvalue weighted by molar-refractivity contribution is 6.15. The second kappa shape index (κ2) is 8.59. The molecular formula is C28H26FN5O2. The molecule has 1 aromatic heterocycles. The average molecular weight is 484 g/mol. The molecule has 0 radical (unpaired) electrons. The highest BCUT2D eigenvalue weighted by Gasteiger charge is 2.52. The number of aromatic nitrogens is 2. The number of halogens is 1. The van der Waals surface area contributed by atoms with Crippen LogP contribution in [0.25, 0.3) is 0 Å². The van der Waals surface area contributed by atoms with Crippen LogP contribution in [0.1, 0.15) is 57.7 Å². The van der Waals surface area contributed by atoms with Crippen molar-refractivity contribution < 1.29 is 14.0 Å². The van der Waals surface area contributed by atoms with Crippen molar-refractivity contribution in [2.75, 3.05) is 16.8 Å². The molecule has 0 atom stereocenters. The Labute approximate surface area is 208 Å². The number of carbonyl (C=O) groups excluding carboxylic acids is 2. The Balaban J connectivity index is 1.14. The fourth-order valence-electron chi connectivity index (χ4n) is 6.15. The lowest BCUT2D eigenvalue weighted by molar-refractivity contribution is -0.0783. The van der Waals surface area contributed by atoms with Gasteiger partial charge in [-0.15, -0.1) is 0 Å². The van der Waals surface area contributed by atoms with Gasteiger partial charge in [0.05, 0.1) is 29.9 Å². The number of nitriles is 1. The quantitative estimate of drug-likeness (QED) is 0.568. The fraction of sp³-hybridized carbons (Fsp3) is 0.357. The van der Waals surface area contributed by atoms with Crippen LogP contribution in [-0.2, 0) is 13.0 Å². The standard InChI is InChI=1S/C28H26FN5O2/c29-21-14-28(15-21)12-20(13-28)10-18-4-6-23(7-5-18)33-8-9-34-25(27(33)36)24(17-31-34)26(35)32-22-3-1-2-19(11-22)16-30/h1-7,11,17,20-21H,8-10,12-15H2,(H,32,35). The summed E-state index contributed by atoms with van der Waals surface area (Å²) in [5.41, 5.74) is 3.67. The van der Waals surface area contributed by atoms with Crippen molar-refractivity contribution in [3.63, 3.8) is 0 Å². The van der Waals surface area contributed by atoms with Gasteiger partial charge in [-0.25, -0.2) is 4.39 Å². The molecule has 2 heterocycles. The van der Waals surface area contributed by atoms with Crippen LogP contribution in [0.15, 0.2) is 54.7 Å². The summed E-state index contributed by atoms with van der Waals surface area (Å²) in [6.45, 7) is 0.952. The lowest BCUT2D eigenvalue weighted by atomic mass is 9.50. The van der Waals surface area contributed by atoms with Gasteiger partial charge in [-0.2, -0.15) is 10.4 Å². The molecule has 0 unspecified atom stereocenters. The molecule has 2 fully saturated rings. The second-order valence-electron chi connectivity index (χ2n) is 10.4. The Bertz CT molecular complexity index is 1380. The summed E-state index contributed by atoms with van der Waals surface area (Å²) in [5, 5.41) is 16.1. The molecule has 2 aromatic carbocycles. The van der Waals surface area contributed by atoms with E-state index in [1.807, 2.05) is 18.2 Å². The molecule has 8 heteroatoms. The summed E-state index contributed by atoms with van der Waals surface area (Å²) in [6, 6.07) is 16.7. The number of nitrogens with one attached hydrogen (secondary N) is 1. The Morgan fingerprint density at radius 3 is 2.64 bits per heavy atom. The predicted molar refractivity (Wildman–Crippen MR) is 132 cm³/mol.